The number of carbonyl (C=O) groups excluding carboxylic acids is 1. The summed E-state index contributed by atoms with van der Waals surface area (Å²) >= 11 is 0. The summed E-state index contributed by atoms with van der Waals surface area (Å²) in [5.74, 6) is -1.16. The Morgan fingerprint density at radius 2 is 2.20 bits per heavy atom. The van der Waals surface area contributed by atoms with Crippen molar-refractivity contribution >= 4 is 11.9 Å². The molecule has 86 valence electrons. The van der Waals surface area contributed by atoms with Crippen molar-refractivity contribution in [1.29, 1.82) is 0 Å². The van der Waals surface area contributed by atoms with Crippen LogP contribution in [0.1, 0.15) is 32.6 Å². The summed E-state index contributed by atoms with van der Waals surface area (Å²) in [4.78, 5) is 24.1. The first-order chi connectivity index (χ1) is 7.07. The average Bonchev–Trinajstić information content (AvgIpc) is 2.27. The molecule has 0 bridgehead atoms. The van der Waals surface area contributed by atoms with E-state index in [0.29, 0.717) is 19.4 Å². The first-order valence-corrected chi connectivity index (χ1v) is 5.36. The Bertz CT molecular complexity index is 255. The molecule has 5 nitrogen and oxygen atoms in total. The van der Waals surface area contributed by atoms with Crippen LogP contribution in [0.4, 0.5) is 0 Å². The highest BCUT2D eigenvalue weighted by atomic mass is 16.4. The summed E-state index contributed by atoms with van der Waals surface area (Å²) in [6.07, 6.45) is 2.81. The second-order valence-electron chi connectivity index (χ2n) is 3.90. The molecule has 1 heterocycles. The minimum atomic E-state index is -0.925. The van der Waals surface area contributed by atoms with E-state index in [-0.39, 0.29) is 5.91 Å². The van der Waals surface area contributed by atoms with Gasteiger partial charge in [-0.2, -0.15) is 0 Å². The Labute approximate surface area is 89.2 Å². The van der Waals surface area contributed by atoms with Gasteiger partial charge in [-0.3, -0.25) is 4.79 Å². The van der Waals surface area contributed by atoms with Crippen LogP contribution in [-0.2, 0) is 9.59 Å². The van der Waals surface area contributed by atoms with E-state index in [4.69, 9.17) is 10.8 Å². The van der Waals surface area contributed by atoms with Crippen LogP contribution in [0, 0.1) is 0 Å². The highest BCUT2D eigenvalue weighted by Gasteiger charge is 2.33. The van der Waals surface area contributed by atoms with E-state index in [9.17, 15) is 9.59 Å². The zero-order chi connectivity index (χ0) is 11.4. The van der Waals surface area contributed by atoms with Crippen LogP contribution >= 0.6 is 0 Å². The van der Waals surface area contributed by atoms with Crippen molar-refractivity contribution in [2.24, 2.45) is 5.73 Å². The third-order valence-electron chi connectivity index (χ3n) is 2.83. The predicted octanol–water partition coefficient (Wildman–Crippen LogP) is 0.189. The number of rotatable bonds is 3. The van der Waals surface area contributed by atoms with E-state index >= 15 is 0 Å². The predicted molar refractivity (Wildman–Crippen MR) is 55.3 cm³/mol. The summed E-state index contributed by atoms with van der Waals surface area (Å²) in [5.41, 5.74) is 5.63. The fraction of sp³-hybridized carbons (Fsp3) is 0.800. The van der Waals surface area contributed by atoms with Crippen molar-refractivity contribution in [2.75, 3.05) is 6.54 Å². The number of carbonyl (C=O) groups is 2. The topological polar surface area (TPSA) is 83.6 Å². The third-order valence-corrected chi connectivity index (χ3v) is 2.83. The number of amides is 1. The van der Waals surface area contributed by atoms with Gasteiger partial charge in [-0.15, -0.1) is 0 Å². The number of piperidine rings is 1. The Morgan fingerprint density at radius 1 is 1.53 bits per heavy atom. The molecule has 1 rings (SSSR count). The second-order valence-corrected chi connectivity index (χ2v) is 3.90. The minimum Gasteiger partial charge on any atom is -0.480 e. The monoisotopic (exact) mass is 214 g/mol. The Kier molecular flexibility index (Phi) is 4.08. The molecule has 0 aliphatic carbocycles. The number of nitrogens with zero attached hydrogens (tertiary/aromatic N) is 1. The van der Waals surface area contributed by atoms with Crippen LogP contribution in [0.15, 0.2) is 0 Å². The number of likely N-dealkylation sites (tertiary alicyclic amines) is 1. The van der Waals surface area contributed by atoms with Crippen molar-refractivity contribution in [3.05, 3.63) is 0 Å². The molecule has 0 aromatic carbocycles. The second kappa shape index (κ2) is 5.11. The summed E-state index contributed by atoms with van der Waals surface area (Å²) in [7, 11) is 0. The van der Waals surface area contributed by atoms with Gasteiger partial charge in [-0.1, -0.05) is 6.92 Å². The lowest BCUT2D eigenvalue weighted by Crippen LogP contribution is -2.53. The quantitative estimate of drug-likeness (QED) is 0.702. The molecule has 15 heavy (non-hydrogen) atoms. The molecule has 1 aliphatic rings. The van der Waals surface area contributed by atoms with Gasteiger partial charge in [0, 0.05) is 6.54 Å². The Hall–Kier alpha value is -1.10. The van der Waals surface area contributed by atoms with E-state index < -0.39 is 18.1 Å². The zero-order valence-electron chi connectivity index (χ0n) is 8.98. The van der Waals surface area contributed by atoms with E-state index in [1.807, 2.05) is 6.92 Å². The number of nitrogens with two attached hydrogens (primary N) is 1. The highest BCUT2D eigenvalue weighted by Crippen LogP contribution is 2.18. The van der Waals surface area contributed by atoms with Crippen molar-refractivity contribution in [2.45, 2.75) is 44.7 Å². The summed E-state index contributed by atoms with van der Waals surface area (Å²) in [6, 6.07) is -1.24. The molecule has 0 spiro atoms. The van der Waals surface area contributed by atoms with Crippen LogP contribution in [-0.4, -0.2) is 40.5 Å². The Balaban J connectivity index is 2.71. The van der Waals surface area contributed by atoms with Crippen LogP contribution < -0.4 is 5.73 Å². The van der Waals surface area contributed by atoms with Gasteiger partial charge in [0.15, 0.2) is 0 Å². The maximum Gasteiger partial charge on any atom is 0.326 e. The highest BCUT2D eigenvalue weighted by molar-refractivity contribution is 5.87. The van der Waals surface area contributed by atoms with Gasteiger partial charge < -0.3 is 15.7 Å². The molecule has 1 aliphatic heterocycles. The molecule has 5 heteroatoms. The molecule has 1 saturated heterocycles. The maximum atomic E-state index is 11.8. The molecule has 2 atom stereocenters. The number of hydrogen-bond acceptors (Lipinski definition) is 3. The molecule has 1 fully saturated rings. The van der Waals surface area contributed by atoms with E-state index in [1.165, 1.54) is 4.90 Å². The molecule has 0 saturated carbocycles. The van der Waals surface area contributed by atoms with Crippen molar-refractivity contribution in [1.82, 2.24) is 4.90 Å². The fourth-order valence-corrected chi connectivity index (χ4v) is 1.84. The van der Waals surface area contributed by atoms with Crippen molar-refractivity contribution in [3.8, 4) is 0 Å². The van der Waals surface area contributed by atoms with Crippen LogP contribution in [0.2, 0.25) is 0 Å². The molecule has 1 amide bonds. The zero-order valence-corrected chi connectivity index (χ0v) is 8.98. The number of aliphatic carboxylic acids is 1. The van der Waals surface area contributed by atoms with Crippen LogP contribution in [0.5, 0.6) is 0 Å². The largest absolute Gasteiger partial charge is 0.480 e. The lowest BCUT2D eigenvalue weighted by molar-refractivity contribution is -0.152. The average molecular weight is 214 g/mol. The lowest BCUT2D eigenvalue weighted by atomic mass is 10.0. The van der Waals surface area contributed by atoms with Gasteiger partial charge in [0.1, 0.15) is 6.04 Å². The van der Waals surface area contributed by atoms with Gasteiger partial charge in [0.05, 0.1) is 6.04 Å². The SMILES string of the molecule is CCC(N)C(=O)N1CCCCC1C(=O)O. The molecular formula is C10H18N2O3. The minimum absolute atomic E-state index is 0.232. The summed E-state index contributed by atoms with van der Waals surface area (Å²) in [6.45, 7) is 2.34. The molecule has 0 aromatic heterocycles. The fourth-order valence-electron chi connectivity index (χ4n) is 1.84. The lowest BCUT2D eigenvalue weighted by Gasteiger charge is -2.34. The molecular weight excluding hydrogens is 196 g/mol. The van der Waals surface area contributed by atoms with E-state index in [1.54, 1.807) is 0 Å². The van der Waals surface area contributed by atoms with Gasteiger partial charge >= 0.3 is 5.97 Å². The van der Waals surface area contributed by atoms with Gasteiger partial charge in [0.2, 0.25) is 5.91 Å². The molecule has 0 aromatic rings. The van der Waals surface area contributed by atoms with Crippen molar-refractivity contribution < 1.29 is 14.7 Å². The van der Waals surface area contributed by atoms with Gasteiger partial charge in [-0.25, -0.2) is 4.79 Å². The number of hydrogen-bond donors (Lipinski definition) is 2. The molecule has 3 N–H and O–H groups in total. The first kappa shape index (κ1) is 12.0. The van der Waals surface area contributed by atoms with Gasteiger partial charge in [-0.05, 0) is 25.7 Å². The standard InChI is InChI=1S/C10H18N2O3/c1-2-7(11)9(13)12-6-4-3-5-8(12)10(14)15/h7-8H,2-6,11H2,1H3,(H,14,15). The normalized spacial score (nSPS) is 23.6. The third kappa shape index (κ3) is 2.68. The van der Waals surface area contributed by atoms with Crippen LogP contribution in [0.25, 0.3) is 0 Å². The maximum absolute atomic E-state index is 11.8. The van der Waals surface area contributed by atoms with E-state index in [0.717, 1.165) is 12.8 Å². The van der Waals surface area contributed by atoms with Gasteiger partial charge in [0.25, 0.3) is 0 Å². The summed E-state index contributed by atoms with van der Waals surface area (Å²) in [5, 5.41) is 8.98. The van der Waals surface area contributed by atoms with E-state index in [2.05, 4.69) is 0 Å². The van der Waals surface area contributed by atoms with Crippen LogP contribution in [0.3, 0.4) is 0 Å². The summed E-state index contributed by atoms with van der Waals surface area (Å²) < 4.78 is 0. The number of carboxylic acid groups (broad SMARTS) is 1. The molecule has 0 radical (unpaired) electrons. The van der Waals surface area contributed by atoms with Crippen molar-refractivity contribution in [3.63, 3.8) is 0 Å². The molecule has 2 unspecified atom stereocenters. The number of carboxylic acids is 1. The smallest absolute Gasteiger partial charge is 0.326 e. The first-order valence-electron chi connectivity index (χ1n) is 5.36. The Morgan fingerprint density at radius 3 is 2.73 bits per heavy atom.